The van der Waals surface area contributed by atoms with Gasteiger partial charge in [-0.05, 0) is 104 Å². The van der Waals surface area contributed by atoms with Crippen molar-refractivity contribution in [3.8, 4) is 11.3 Å². The third kappa shape index (κ3) is 7.23. The fraction of sp³-hybridized carbons (Fsp3) is 0.340. The predicted octanol–water partition coefficient (Wildman–Crippen LogP) is 6.74. The summed E-state index contributed by atoms with van der Waals surface area (Å²) in [5, 5.41) is 0. The average Bonchev–Trinajstić information content (AvgIpc) is 3.52. The van der Waals surface area contributed by atoms with E-state index in [2.05, 4.69) is 72.3 Å². The van der Waals surface area contributed by atoms with Crippen LogP contribution in [0.15, 0.2) is 97.1 Å². The molecule has 0 spiro atoms. The van der Waals surface area contributed by atoms with Gasteiger partial charge < -0.3 is 29.1 Å². The maximum atomic E-state index is 14.9. The molecule has 0 bridgehead atoms. The molecule has 0 aliphatic carbocycles. The van der Waals surface area contributed by atoms with Crippen LogP contribution in [-0.2, 0) is 44.2 Å². The third-order valence-electron chi connectivity index (χ3n) is 12.3. The highest BCUT2D eigenvalue weighted by molar-refractivity contribution is 6.08. The molecule has 5 aromatic rings. The Kier molecular flexibility index (Phi) is 10.3. The first-order chi connectivity index (χ1) is 27.0. The summed E-state index contributed by atoms with van der Waals surface area (Å²) in [6.45, 7) is 9.68. The van der Waals surface area contributed by atoms with Crippen molar-refractivity contribution < 1.29 is 14.4 Å². The van der Waals surface area contributed by atoms with E-state index in [0.29, 0.717) is 43.6 Å². The molecule has 0 saturated carbocycles. The highest BCUT2D eigenvalue weighted by Gasteiger charge is 2.32. The zero-order valence-corrected chi connectivity index (χ0v) is 33.3. The van der Waals surface area contributed by atoms with Gasteiger partial charge in [0.1, 0.15) is 0 Å². The minimum atomic E-state index is -0.106. The van der Waals surface area contributed by atoms with Crippen molar-refractivity contribution in [3.05, 3.63) is 142 Å². The van der Waals surface area contributed by atoms with Crippen LogP contribution in [0.5, 0.6) is 0 Å². The molecule has 4 aromatic carbocycles. The quantitative estimate of drug-likeness (QED) is 0.185. The van der Waals surface area contributed by atoms with Crippen LogP contribution in [0.1, 0.15) is 61.2 Å². The second kappa shape index (κ2) is 15.5. The zero-order chi connectivity index (χ0) is 39.1. The molecule has 3 amide bonds. The number of likely N-dealkylation sites (N-methyl/N-ethyl adjacent to an activating group) is 1. The molecule has 56 heavy (non-hydrogen) atoms. The SMILES string of the molecule is Cc1c(C(=O)N(C)c2ccccc2)cc(-c2cc3c(cc2C(=O)N2Cc4ccccc4C[C@H]2C)CN(C(=O)Cc2cccc(N4CCN(C)CC4)c2)CC3)n1C. The highest BCUT2D eigenvalue weighted by Crippen LogP contribution is 2.36. The molecule has 288 valence electrons. The molecule has 9 heteroatoms. The van der Waals surface area contributed by atoms with Crippen LogP contribution in [0.3, 0.4) is 0 Å². The summed E-state index contributed by atoms with van der Waals surface area (Å²) in [5.41, 5.74) is 11.2. The zero-order valence-electron chi connectivity index (χ0n) is 33.3. The van der Waals surface area contributed by atoms with E-state index < -0.39 is 0 Å². The Morgan fingerprint density at radius 2 is 1.46 bits per heavy atom. The number of carbonyl (C=O) groups is 3. The van der Waals surface area contributed by atoms with Crippen LogP contribution in [0.2, 0.25) is 0 Å². The van der Waals surface area contributed by atoms with Gasteiger partial charge in [0, 0.05) is 99.8 Å². The third-order valence-corrected chi connectivity index (χ3v) is 12.3. The Morgan fingerprint density at radius 1 is 0.732 bits per heavy atom. The number of piperazine rings is 1. The predicted molar refractivity (Wildman–Crippen MR) is 223 cm³/mol. The number of amides is 3. The average molecular weight is 749 g/mol. The summed E-state index contributed by atoms with van der Waals surface area (Å²) in [7, 11) is 5.92. The second-order valence-electron chi connectivity index (χ2n) is 15.9. The lowest BCUT2D eigenvalue weighted by atomic mass is 9.89. The van der Waals surface area contributed by atoms with E-state index in [1.807, 2.05) is 76.9 Å². The minimum Gasteiger partial charge on any atom is -0.369 e. The first kappa shape index (κ1) is 37.3. The van der Waals surface area contributed by atoms with Crippen LogP contribution < -0.4 is 9.80 Å². The standard InChI is InChI=1S/C47H52N6O3/c1-32-24-35-13-9-10-14-37(35)31-53(32)47(56)43-28-38-30-52(45(54)26-34-12-11-17-40(25-34)51-22-20-48(3)21-23-51)19-18-36(38)27-42(43)44-29-41(33(2)49(44)4)46(55)50(5)39-15-7-6-8-16-39/h6-17,25,27-29,32H,18-24,26,30-31H2,1-5H3/t32-/m1/s1. The molecule has 3 aliphatic heterocycles. The lowest BCUT2D eigenvalue weighted by Gasteiger charge is -2.36. The largest absolute Gasteiger partial charge is 0.369 e. The van der Waals surface area contributed by atoms with Gasteiger partial charge in [0.05, 0.1) is 12.0 Å². The van der Waals surface area contributed by atoms with Crippen molar-refractivity contribution in [1.82, 2.24) is 19.3 Å². The Hall–Kier alpha value is -5.67. The number of anilines is 2. The fourth-order valence-corrected chi connectivity index (χ4v) is 8.65. The van der Waals surface area contributed by atoms with E-state index >= 15 is 0 Å². The lowest BCUT2D eigenvalue weighted by Crippen LogP contribution is -2.44. The normalized spacial score (nSPS) is 17.0. The molecule has 1 fully saturated rings. The van der Waals surface area contributed by atoms with E-state index in [9.17, 15) is 14.4 Å². The fourth-order valence-electron chi connectivity index (χ4n) is 8.65. The molecule has 4 heterocycles. The summed E-state index contributed by atoms with van der Waals surface area (Å²) in [5.74, 6) is -0.0545. The van der Waals surface area contributed by atoms with Gasteiger partial charge >= 0.3 is 0 Å². The number of carbonyl (C=O) groups excluding carboxylic acids is 3. The molecular formula is C47H52N6O3. The van der Waals surface area contributed by atoms with Crippen molar-refractivity contribution in [2.24, 2.45) is 7.05 Å². The molecule has 1 atom stereocenters. The van der Waals surface area contributed by atoms with E-state index in [4.69, 9.17) is 0 Å². The van der Waals surface area contributed by atoms with Gasteiger partial charge in [0.2, 0.25) is 5.91 Å². The van der Waals surface area contributed by atoms with E-state index in [-0.39, 0.29) is 23.8 Å². The van der Waals surface area contributed by atoms with Crippen molar-refractivity contribution in [2.45, 2.75) is 52.2 Å². The maximum Gasteiger partial charge on any atom is 0.259 e. The minimum absolute atomic E-state index is 0.00720. The Morgan fingerprint density at radius 3 is 2.23 bits per heavy atom. The van der Waals surface area contributed by atoms with Gasteiger partial charge in [-0.2, -0.15) is 0 Å². The van der Waals surface area contributed by atoms with Crippen LogP contribution in [0, 0.1) is 6.92 Å². The molecule has 0 radical (unpaired) electrons. The number of aromatic nitrogens is 1. The van der Waals surface area contributed by atoms with Gasteiger partial charge in [0.15, 0.2) is 0 Å². The van der Waals surface area contributed by atoms with Crippen LogP contribution in [0.25, 0.3) is 11.3 Å². The van der Waals surface area contributed by atoms with Crippen LogP contribution in [-0.4, -0.2) is 89.8 Å². The van der Waals surface area contributed by atoms with Gasteiger partial charge in [-0.25, -0.2) is 0 Å². The number of hydrogen-bond donors (Lipinski definition) is 0. The molecule has 9 nitrogen and oxygen atoms in total. The molecular weight excluding hydrogens is 697 g/mol. The Balaban J connectivity index is 1.11. The maximum absolute atomic E-state index is 14.9. The molecule has 1 saturated heterocycles. The molecule has 8 rings (SSSR count). The topological polar surface area (TPSA) is 72.3 Å². The number of hydrogen-bond acceptors (Lipinski definition) is 5. The van der Waals surface area contributed by atoms with E-state index in [0.717, 1.165) is 71.9 Å². The van der Waals surface area contributed by atoms with E-state index in [1.54, 1.807) is 11.9 Å². The van der Waals surface area contributed by atoms with Gasteiger partial charge in [0.25, 0.3) is 11.8 Å². The number of para-hydroxylation sites is 1. The molecule has 1 aromatic heterocycles. The highest BCUT2D eigenvalue weighted by atomic mass is 16.2. The van der Waals surface area contributed by atoms with Crippen LogP contribution >= 0.6 is 0 Å². The summed E-state index contributed by atoms with van der Waals surface area (Å²) in [6, 6.07) is 32.6. The molecule has 0 N–H and O–H groups in total. The smallest absolute Gasteiger partial charge is 0.259 e. The van der Waals surface area contributed by atoms with Gasteiger partial charge in [-0.1, -0.05) is 54.6 Å². The molecule has 0 unspecified atom stereocenters. The number of benzene rings is 4. The monoisotopic (exact) mass is 748 g/mol. The summed E-state index contributed by atoms with van der Waals surface area (Å²) < 4.78 is 2.04. The van der Waals surface area contributed by atoms with Crippen LogP contribution in [0.4, 0.5) is 11.4 Å². The van der Waals surface area contributed by atoms with Crippen molar-refractivity contribution >= 4 is 29.1 Å². The summed E-state index contributed by atoms with van der Waals surface area (Å²) in [6.07, 6.45) is 1.81. The molecule has 3 aliphatic rings. The number of fused-ring (bicyclic) bond motifs is 2. The Bertz CT molecular complexity index is 2290. The Labute approximate surface area is 330 Å². The van der Waals surface area contributed by atoms with Crippen molar-refractivity contribution in [1.29, 1.82) is 0 Å². The second-order valence-corrected chi connectivity index (χ2v) is 15.9. The first-order valence-corrected chi connectivity index (χ1v) is 19.9. The van der Waals surface area contributed by atoms with Gasteiger partial charge in [-0.3, -0.25) is 14.4 Å². The first-order valence-electron chi connectivity index (χ1n) is 19.9. The van der Waals surface area contributed by atoms with Gasteiger partial charge in [-0.15, -0.1) is 0 Å². The number of nitrogens with zero attached hydrogens (tertiary/aromatic N) is 6. The van der Waals surface area contributed by atoms with E-state index in [1.165, 1.54) is 16.8 Å². The summed E-state index contributed by atoms with van der Waals surface area (Å²) >= 11 is 0. The lowest BCUT2D eigenvalue weighted by molar-refractivity contribution is -0.131. The van der Waals surface area contributed by atoms with Crippen molar-refractivity contribution in [2.75, 3.05) is 56.6 Å². The summed E-state index contributed by atoms with van der Waals surface area (Å²) in [4.78, 5) is 53.1. The number of rotatable bonds is 7. The van der Waals surface area contributed by atoms with Crippen molar-refractivity contribution in [3.63, 3.8) is 0 Å².